The number of aromatic amines is 1. The van der Waals surface area contributed by atoms with E-state index in [9.17, 15) is 14.0 Å². The minimum atomic E-state index is -2.05. The molecule has 3 rings (SSSR count). The fourth-order valence-electron chi connectivity index (χ4n) is 3.16. The highest BCUT2D eigenvalue weighted by atomic mass is 35.5. The van der Waals surface area contributed by atoms with Gasteiger partial charge in [0.05, 0.1) is 25.5 Å². The maximum atomic E-state index is 13.8. The molecular formula is C22H30ClFN2O5Si. The Kier molecular flexibility index (Phi) is 7.46. The standard InChI is InChI=1S/C22H30ClFN2O5Si/c1-22(2,3)32(4,5)30-13-18-17(29-12-14-6-8-15(23)9-7-14)10-19(31-18)26-11-16(24)20(27)25-21(26)28/h6-9,11,17-19H,10,12-13H2,1-5H3,(H,25,27,28)/t17-,18+,19+/m0/s1. The average Bonchev–Trinajstić information content (AvgIpc) is 3.11. The molecule has 10 heteroatoms. The minimum Gasteiger partial charge on any atom is -0.414 e. The van der Waals surface area contributed by atoms with E-state index in [-0.39, 0.29) is 11.1 Å². The number of nitrogens with one attached hydrogen (secondary N) is 1. The van der Waals surface area contributed by atoms with Crippen molar-refractivity contribution in [2.75, 3.05) is 6.61 Å². The first-order valence-corrected chi connectivity index (χ1v) is 13.8. The number of H-pyrrole nitrogens is 1. The van der Waals surface area contributed by atoms with E-state index in [0.29, 0.717) is 24.7 Å². The third-order valence-corrected chi connectivity index (χ3v) is 11.0. The topological polar surface area (TPSA) is 82.5 Å². The highest BCUT2D eigenvalue weighted by Gasteiger charge is 2.42. The monoisotopic (exact) mass is 484 g/mol. The molecule has 7 nitrogen and oxygen atoms in total. The third-order valence-electron chi connectivity index (χ3n) is 6.21. The van der Waals surface area contributed by atoms with Gasteiger partial charge >= 0.3 is 5.69 Å². The Morgan fingerprint density at radius 3 is 2.53 bits per heavy atom. The summed E-state index contributed by atoms with van der Waals surface area (Å²) in [6.07, 6.45) is -0.438. The Hall–Kier alpha value is -1.78. The molecule has 2 heterocycles. The van der Waals surface area contributed by atoms with Crippen LogP contribution in [0.2, 0.25) is 23.2 Å². The van der Waals surface area contributed by atoms with Gasteiger partial charge in [-0.05, 0) is 35.8 Å². The van der Waals surface area contributed by atoms with E-state index in [4.69, 9.17) is 25.5 Å². The number of ether oxygens (including phenoxy) is 2. The van der Waals surface area contributed by atoms with Gasteiger partial charge in [-0.3, -0.25) is 14.3 Å². The number of hydrogen-bond donors (Lipinski definition) is 1. The second kappa shape index (κ2) is 9.60. The lowest BCUT2D eigenvalue weighted by Crippen LogP contribution is -2.44. The third kappa shape index (κ3) is 5.76. The van der Waals surface area contributed by atoms with Gasteiger partial charge in [0, 0.05) is 11.4 Å². The van der Waals surface area contributed by atoms with Crippen molar-refractivity contribution in [1.29, 1.82) is 0 Å². The van der Waals surface area contributed by atoms with Crippen LogP contribution in [0, 0.1) is 5.82 Å². The Morgan fingerprint density at radius 1 is 1.25 bits per heavy atom. The molecule has 0 spiro atoms. The zero-order valence-corrected chi connectivity index (χ0v) is 20.7. The number of aromatic nitrogens is 2. The van der Waals surface area contributed by atoms with Gasteiger partial charge in [0.25, 0.3) is 5.56 Å². The molecule has 176 valence electrons. The fraction of sp³-hybridized carbons (Fsp3) is 0.545. The van der Waals surface area contributed by atoms with E-state index in [1.165, 1.54) is 0 Å². The molecule has 1 aliphatic rings. The quantitative estimate of drug-likeness (QED) is 0.595. The predicted molar refractivity (Wildman–Crippen MR) is 123 cm³/mol. The first kappa shape index (κ1) is 24.9. The molecule has 1 aliphatic heterocycles. The van der Waals surface area contributed by atoms with Gasteiger partial charge < -0.3 is 13.9 Å². The Labute approximate surface area is 192 Å². The van der Waals surface area contributed by atoms with Gasteiger partial charge in [0.15, 0.2) is 8.32 Å². The second-order valence-electron chi connectivity index (χ2n) is 9.56. The molecule has 3 atom stereocenters. The van der Waals surface area contributed by atoms with E-state index in [2.05, 4.69) is 33.9 Å². The molecule has 2 aromatic rings. The Bertz CT molecular complexity index is 1050. The van der Waals surface area contributed by atoms with Crippen molar-refractivity contribution in [2.24, 2.45) is 0 Å². The largest absolute Gasteiger partial charge is 0.414 e. The molecule has 32 heavy (non-hydrogen) atoms. The zero-order valence-electron chi connectivity index (χ0n) is 19.0. The molecular weight excluding hydrogens is 455 g/mol. The number of hydrogen-bond acceptors (Lipinski definition) is 5. The molecule has 0 bridgehead atoms. The summed E-state index contributed by atoms with van der Waals surface area (Å²) in [6.45, 7) is 11.3. The van der Waals surface area contributed by atoms with Crippen molar-refractivity contribution in [1.82, 2.24) is 9.55 Å². The molecule has 0 saturated carbocycles. The van der Waals surface area contributed by atoms with Crippen LogP contribution >= 0.6 is 11.6 Å². The van der Waals surface area contributed by atoms with Gasteiger partial charge in [-0.15, -0.1) is 0 Å². The zero-order chi connectivity index (χ0) is 23.7. The fourth-order valence-corrected chi connectivity index (χ4v) is 4.30. The van der Waals surface area contributed by atoms with Crippen LogP contribution in [0.3, 0.4) is 0 Å². The maximum Gasteiger partial charge on any atom is 0.330 e. The van der Waals surface area contributed by atoms with Crippen LogP contribution in [0.4, 0.5) is 4.39 Å². The average molecular weight is 485 g/mol. The molecule has 0 radical (unpaired) electrons. The predicted octanol–water partition coefficient (Wildman–Crippen LogP) is 4.22. The molecule has 1 fully saturated rings. The highest BCUT2D eigenvalue weighted by molar-refractivity contribution is 6.74. The normalized spacial score (nSPS) is 21.8. The molecule has 0 aliphatic carbocycles. The van der Waals surface area contributed by atoms with E-state index in [1.54, 1.807) is 12.1 Å². The molecule has 1 saturated heterocycles. The first-order chi connectivity index (χ1) is 14.9. The van der Waals surface area contributed by atoms with Crippen LogP contribution in [0.25, 0.3) is 0 Å². The number of rotatable bonds is 7. The summed E-state index contributed by atoms with van der Waals surface area (Å²) in [5, 5.41) is 0.655. The van der Waals surface area contributed by atoms with Crippen LogP contribution in [-0.2, 0) is 20.5 Å². The Balaban J connectivity index is 1.78. The van der Waals surface area contributed by atoms with Crippen molar-refractivity contribution in [3.63, 3.8) is 0 Å². The lowest BCUT2D eigenvalue weighted by Gasteiger charge is -2.37. The summed E-state index contributed by atoms with van der Waals surface area (Å²) in [5.74, 6) is -1.05. The summed E-state index contributed by atoms with van der Waals surface area (Å²) < 4.78 is 33.4. The van der Waals surface area contributed by atoms with E-state index in [1.807, 2.05) is 17.1 Å². The molecule has 0 unspecified atom stereocenters. The highest BCUT2D eigenvalue weighted by Crippen LogP contribution is 2.38. The molecule has 1 aromatic heterocycles. The SMILES string of the molecule is CC(C)(C)[Si](C)(C)OC[C@H]1O[C@@H](n2cc(F)c(=O)[nH]c2=O)C[C@@H]1OCc1ccc(Cl)cc1. The van der Waals surface area contributed by atoms with E-state index >= 15 is 0 Å². The van der Waals surface area contributed by atoms with Crippen molar-refractivity contribution >= 4 is 19.9 Å². The van der Waals surface area contributed by atoms with Crippen LogP contribution in [0.15, 0.2) is 40.1 Å². The van der Waals surface area contributed by atoms with Crippen molar-refractivity contribution in [3.05, 3.63) is 67.7 Å². The molecule has 0 amide bonds. The van der Waals surface area contributed by atoms with Crippen molar-refractivity contribution in [3.8, 4) is 0 Å². The van der Waals surface area contributed by atoms with Gasteiger partial charge in [-0.2, -0.15) is 4.39 Å². The second-order valence-corrected chi connectivity index (χ2v) is 14.8. The summed E-state index contributed by atoms with van der Waals surface area (Å²) >= 11 is 5.95. The maximum absolute atomic E-state index is 13.8. The lowest BCUT2D eigenvalue weighted by atomic mass is 10.1. The summed E-state index contributed by atoms with van der Waals surface area (Å²) in [5.41, 5.74) is -0.851. The lowest BCUT2D eigenvalue weighted by molar-refractivity contribution is -0.0635. The van der Waals surface area contributed by atoms with Gasteiger partial charge in [-0.1, -0.05) is 44.5 Å². The smallest absolute Gasteiger partial charge is 0.330 e. The molecule has 1 N–H and O–H groups in total. The summed E-state index contributed by atoms with van der Waals surface area (Å²) in [7, 11) is -2.05. The number of nitrogens with zero attached hydrogens (tertiary/aromatic N) is 1. The first-order valence-electron chi connectivity index (χ1n) is 10.5. The summed E-state index contributed by atoms with van der Waals surface area (Å²) in [6, 6.07) is 7.32. The van der Waals surface area contributed by atoms with Crippen molar-refractivity contribution in [2.45, 2.75) is 70.4 Å². The van der Waals surface area contributed by atoms with Crippen LogP contribution in [-0.4, -0.2) is 36.7 Å². The van der Waals surface area contributed by atoms with Crippen molar-refractivity contribution < 1.29 is 18.3 Å². The van der Waals surface area contributed by atoms with Crippen LogP contribution in [0.5, 0.6) is 0 Å². The van der Waals surface area contributed by atoms with E-state index in [0.717, 1.165) is 16.3 Å². The minimum absolute atomic E-state index is 0.0175. The Morgan fingerprint density at radius 2 is 1.91 bits per heavy atom. The number of halogens is 2. The van der Waals surface area contributed by atoms with Gasteiger partial charge in [0.1, 0.15) is 12.3 Å². The van der Waals surface area contributed by atoms with E-state index < -0.39 is 37.7 Å². The van der Waals surface area contributed by atoms with Gasteiger partial charge in [-0.25, -0.2) is 4.79 Å². The number of benzene rings is 1. The molecule has 1 aromatic carbocycles. The summed E-state index contributed by atoms with van der Waals surface area (Å²) in [4.78, 5) is 25.6. The van der Waals surface area contributed by atoms with Crippen LogP contribution in [0.1, 0.15) is 39.0 Å². The van der Waals surface area contributed by atoms with Gasteiger partial charge in [0.2, 0.25) is 5.82 Å². The van der Waals surface area contributed by atoms with Crippen LogP contribution < -0.4 is 11.2 Å².